The van der Waals surface area contributed by atoms with E-state index in [1.165, 1.54) is 250 Å². The molecule has 0 fully saturated rings. The van der Waals surface area contributed by atoms with Crippen LogP contribution in [0.3, 0.4) is 0 Å². The van der Waals surface area contributed by atoms with Crippen molar-refractivity contribution in [1.82, 2.24) is 5.32 Å². The lowest BCUT2D eigenvalue weighted by atomic mass is 10.0. The van der Waals surface area contributed by atoms with Gasteiger partial charge in [0.15, 0.2) is 0 Å². The summed E-state index contributed by atoms with van der Waals surface area (Å²) in [7, 11) is 0. The number of amides is 1. The summed E-state index contributed by atoms with van der Waals surface area (Å²) in [5.74, 6) is -0.0233. The van der Waals surface area contributed by atoms with Crippen LogP contribution in [0, 0.1) is 0 Å². The third kappa shape index (κ3) is 44.3. The van der Waals surface area contributed by atoms with Crippen LogP contribution < -0.4 is 5.32 Å². The van der Waals surface area contributed by atoms with Gasteiger partial charge in [0.1, 0.15) is 0 Å². The lowest BCUT2D eigenvalue weighted by Crippen LogP contribution is -2.45. The quantitative estimate of drug-likeness (QED) is 0.0539. The molecular formula is C51H103NO3. The highest BCUT2D eigenvalue weighted by atomic mass is 16.3. The van der Waals surface area contributed by atoms with Crippen LogP contribution in [0.4, 0.5) is 0 Å². The van der Waals surface area contributed by atoms with Crippen LogP contribution in [0.25, 0.3) is 0 Å². The summed E-state index contributed by atoms with van der Waals surface area (Å²) in [6.07, 6.45) is 59.3. The molecule has 55 heavy (non-hydrogen) atoms. The molecule has 0 aromatic rings. The molecule has 0 heterocycles. The summed E-state index contributed by atoms with van der Waals surface area (Å²) in [5.41, 5.74) is 0. The zero-order chi connectivity index (χ0) is 40.0. The first-order chi connectivity index (χ1) is 27.2. The normalized spacial score (nSPS) is 12.7. The van der Waals surface area contributed by atoms with Crippen molar-refractivity contribution in [2.75, 3.05) is 6.61 Å². The van der Waals surface area contributed by atoms with E-state index in [2.05, 4.69) is 19.2 Å². The van der Waals surface area contributed by atoms with Crippen LogP contribution in [0.5, 0.6) is 0 Å². The van der Waals surface area contributed by atoms with Gasteiger partial charge in [0, 0.05) is 6.42 Å². The minimum Gasteiger partial charge on any atom is -0.394 e. The van der Waals surface area contributed by atoms with Crippen LogP contribution in [0.2, 0.25) is 0 Å². The third-order valence-electron chi connectivity index (χ3n) is 12.4. The Morgan fingerprint density at radius 2 is 0.582 bits per heavy atom. The molecule has 0 aliphatic rings. The minimum atomic E-state index is -0.654. The summed E-state index contributed by atoms with van der Waals surface area (Å²) < 4.78 is 0. The number of aliphatic hydroxyl groups is 2. The molecule has 0 saturated heterocycles. The molecule has 0 aliphatic heterocycles. The van der Waals surface area contributed by atoms with Gasteiger partial charge in [0.25, 0.3) is 0 Å². The first kappa shape index (κ1) is 54.4. The highest BCUT2D eigenvalue weighted by Gasteiger charge is 2.20. The van der Waals surface area contributed by atoms with E-state index in [4.69, 9.17) is 0 Å². The molecule has 1 amide bonds. The average Bonchev–Trinajstić information content (AvgIpc) is 3.19. The molecule has 0 spiro atoms. The lowest BCUT2D eigenvalue weighted by molar-refractivity contribution is -0.123. The Morgan fingerprint density at radius 1 is 0.364 bits per heavy atom. The second-order valence-corrected chi connectivity index (χ2v) is 18.0. The van der Waals surface area contributed by atoms with Crippen molar-refractivity contribution < 1.29 is 15.0 Å². The van der Waals surface area contributed by atoms with Gasteiger partial charge in [-0.05, 0) is 12.8 Å². The van der Waals surface area contributed by atoms with Crippen molar-refractivity contribution in [2.45, 2.75) is 315 Å². The number of nitrogens with one attached hydrogen (secondary N) is 1. The van der Waals surface area contributed by atoms with Gasteiger partial charge in [-0.1, -0.05) is 284 Å². The zero-order valence-electron chi connectivity index (χ0n) is 38.0. The predicted octanol–water partition coefficient (Wildman–Crippen LogP) is 16.4. The minimum absolute atomic E-state index is 0.0233. The van der Waals surface area contributed by atoms with Crippen molar-refractivity contribution in [1.29, 1.82) is 0 Å². The van der Waals surface area contributed by atoms with Gasteiger partial charge in [-0.15, -0.1) is 0 Å². The van der Waals surface area contributed by atoms with Crippen LogP contribution in [0.15, 0.2) is 0 Å². The number of carbonyl (C=O) groups excluding carboxylic acids is 1. The summed E-state index contributed by atoms with van der Waals surface area (Å²) in [5, 5.41) is 23.3. The molecule has 2 atom stereocenters. The van der Waals surface area contributed by atoms with Gasteiger partial charge in [-0.25, -0.2) is 0 Å². The van der Waals surface area contributed by atoms with Crippen LogP contribution in [-0.4, -0.2) is 34.9 Å². The van der Waals surface area contributed by atoms with Gasteiger partial charge in [-0.2, -0.15) is 0 Å². The Labute approximate surface area is 346 Å². The van der Waals surface area contributed by atoms with Gasteiger partial charge < -0.3 is 15.5 Å². The highest BCUT2D eigenvalue weighted by molar-refractivity contribution is 5.76. The summed E-state index contributed by atoms with van der Waals surface area (Å²) in [6, 6.07) is -0.530. The molecule has 4 heteroatoms. The summed E-state index contributed by atoms with van der Waals surface area (Å²) in [4.78, 5) is 12.5. The van der Waals surface area contributed by atoms with E-state index in [1.807, 2.05) is 0 Å². The second-order valence-electron chi connectivity index (χ2n) is 18.0. The standard InChI is InChI=1S/C51H103NO3/c1-3-5-7-9-11-13-15-17-19-21-22-23-24-25-26-27-28-29-31-33-35-37-39-41-43-45-47-51(55)52-49(48-53)50(54)46-44-42-40-38-36-34-32-30-20-18-16-14-12-10-8-6-4-2/h49-50,53-54H,3-48H2,1-2H3,(H,52,55)/t49-,50+/m0/s1. The van der Waals surface area contributed by atoms with E-state index in [1.54, 1.807) is 0 Å². The molecule has 4 nitrogen and oxygen atoms in total. The SMILES string of the molecule is CCCCCCCCCCCCCCCCCCCCCCCCCCCCC(=O)N[C@@H](CO)[C@H](O)CCCCCCCCCCCCCCCCCCC. The predicted molar refractivity (Wildman–Crippen MR) is 244 cm³/mol. The molecule has 3 N–H and O–H groups in total. The molecule has 0 saturated carbocycles. The number of carbonyl (C=O) groups is 1. The molecular weight excluding hydrogens is 675 g/mol. The Morgan fingerprint density at radius 3 is 0.818 bits per heavy atom. The van der Waals surface area contributed by atoms with Gasteiger partial charge in [0.2, 0.25) is 5.91 Å². The van der Waals surface area contributed by atoms with E-state index in [0.29, 0.717) is 12.8 Å². The van der Waals surface area contributed by atoms with Crippen molar-refractivity contribution in [3.63, 3.8) is 0 Å². The highest BCUT2D eigenvalue weighted by Crippen LogP contribution is 2.18. The van der Waals surface area contributed by atoms with Gasteiger partial charge in [-0.3, -0.25) is 4.79 Å². The first-order valence-corrected chi connectivity index (χ1v) is 25.7. The maximum absolute atomic E-state index is 12.5. The molecule has 0 unspecified atom stereocenters. The first-order valence-electron chi connectivity index (χ1n) is 25.7. The number of unbranched alkanes of at least 4 members (excludes halogenated alkanes) is 41. The number of hydrogen-bond acceptors (Lipinski definition) is 3. The smallest absolute Gasteiger partial charge is 0.220 e. The Balaban J connectivity index is 3.41. The van der Waals surface area contributed by atoms with Crippen molar-refractivity contribution >= 4 is 5.91 Å². The lowest BCUT2D eigenvalue weighted by Gasteiger charge is -2.22. The molecule has 0 radical (unpaired) electrons. The van der Waals surface area contributed by atoms with Crippen molar-refractivity contribution in [3.8, 4) is 0 Å². The fourth-order valence-electron chi connectivity index (χ4n) is 8.42. The molecule has 0 bridgehead atoms. The topological polar surface area (TPSA) is 69.6 Å². The van der Waals surface area contributed by atoms with Crippen LogP contribution in [0.1, 0.15) is 303 Å². The van der Waals surface area contributed by atoms with E-state index in [0.717, 1.165) is 25.7 Å². The van der Waals surface area contributed by atoms with Crippen molar-refractivity contribution in [3.05, 3.63) is 0 Å². The summed E-state index contributed by atoms with van der Waals surface area (Å²) in [6.45, 7) is 4.40. The Hall–Kier alpha value is -0.610. The molecule has 330 valence electrons. The monoisotopic (exact) mass is 778 g/mol. The van der Waals surface area contributed by atoms with Crippen LogP contribution >= 0.6 is 0 Å². The average molecular weight is 778 g/mol. The van der Waals surface area contributed by atoms with E-state index in [-0.39, 0.29) is 12.5 Å². The maximum atomic E-state index is 12.5. The number of hydrogen-bond donors (Lipinski definition) is 3. The van der Waals surface area contributed by atoms with Gasteiger partial charge >= 0.3 is 0 Å². The largest absolute Gasteiger partial charge is 0.394 e. The fraction of sp³-hybridized carbons (Fsp3) is 0.980. The Kier molecular flexibility index (Phi) is 47.2. The van der Waals surface area contributed by atoms with E-state index < -0.39 is 12.1 Å². The van der Waals surface area contributed by atoms with Crippen molar-refractivity contribution in [2.24, 2.45) is 0 Å². The molecule has 0 aromatic heterocycles. The van der Waals surface area contributed by atoms with E-state index >= 15 is 0 Å². The maximum Gasteiger partial charge on any atom is 0.220 e. The zero-order valence-corrected chi connectivity index (χ0v) is 38.0. The summed E-state index contributed by atoms with van der Waals surface area (Å²) >= 11 is 0. The van der Waals surface area contributed by atoms with E-state index in [9.17, 15) is 15.0 Å². The number of aliphatic hydroxyl groups excluding tert-OH is 2. The van der Waals surface area contributed by atoms with Crippen LogP contribution in [-0.2, 0) is 4.79 Å². The molecule has 0 aromatic carbocycles. The molecule has 0 rings (SSSR count). The molecule has 0 aliphatic carbocycles. The van der Waals surface area contributed by atoms with Gasteiger partial charge in [0.05, 0.1) is 18.8 Å². The third-order valence-corrected chi connectivity index (χ3v) is 12.4. The number of rotatable bonds is 48. The fourth-order valence-corrected chi connectivity index (χ4v) is 8.42. The Bertz CT molecular complexity index is 714. The second kappa shape index (κ2) is 47.8.